The summed E-state index contributed by atoms with van der Waals surface area (Å²) in [7, 11) is 0. The highest BCUT2D eigenvalue weighted by molar-refractivity contribution is 6.06. The fraction of sp³-hybridized carbons (Fsp3) is 0.391. The number of carbonyl (C=O) groups excluding carboxylic acids is 1. The second-order valence-electron chi connectivity index (χ2n) is 7.91. The Hall–Kier alpha value is -3.26. The number of nitrogens with zero attached hydrogens (tertiary/aromatic N) is 4. The topological polar surface area (TPSA) is 91.2 Å². The van der Waals surface area contributed by atoms with E-state index in [4.69, 9.17) is 9.47 Å². The molecule has 2 bridgehead atoms. The van der Waals surface area contributed by atoms with Crippen molar-refractivity contribution in [3.8, 4) is 17.3 Å². The van der Waals surface area contributed by atoms with Gasteiger partial charge in [0.05, 0.1) is 12.2 Å². The van der Waals surface area contributed by atoms with Crippen molar-refractivity contribution in [1.29, 1.82) is 0 Å². The summed E-state index contributed by atoms with van der Waals surface area (Å²) < 4.78 is 13.5. The molecule has 0 spiro atoms. The molecule has 3 aromatic rings. The second-order valence-corrected chi connectivity index (χ2v) is 7.91. The van der Waals surface area contributed by atoms with Gasteiger partial charge in [0.1, 0.15) is 23.6 Å². The summed E-state index contributed by atoms with van der Waals surface area (Å²) >= 11 is 0. The van der Waals surface area contributed by atoms with Crippen LogP contribution in [-0.2, 0) is 11.3 Å². The Bertz CT molecular complexity index is 1070. The van der Waals surface area contributed by atoms with E-state index in [1.807, 2.05) is 28.8 Å². The SMILES string of the molecule is O=C1Nc2cccc(n2)-c2nncn2CCCCOc2ccc(C3CCOCC3)cc21. The van der Waals surface area contributed by atoms with Gasteiger partial charge in [0, 0.05) is 19.8 Å². The molecule has 1 fully saturated rings. The van der Waals surface area contributed by atoms with Gasteiger partial charge in [-0.15, -0.1) is 10.2 Å². The maximum atomic E-state index is 13.2. The number of hydrogen-bond donors (Lipinski definition) is 1. The molecular formula is C23H25N5O3. The van der Waals surface area contributed by atoms with Crippen molar-refractivity contribution in [2.75, 3.05) is 25.1 Å². The van der Waals surface area contributed by atoms with Crippen molar-refractivity contribution >= 4 is 11.7 Å². The number of hydrogen-bond acceptors (Lipinski definition) is 6. The van der Waals surface area contributed by atoms with Gasteiger partial charge in [-0.3, -0.25) is 4.79 Å². The molecule has 8 heteroatoms. The Kier molecular flexibility index (Phi) is 5.62. The van der Waals surface area contributed by atoms with Crippen LogP contribution in [0.15, 0.2) is 42.7 Å². The highest BCUT2D eigenvalue weighted by Gasteiger charge is 2.21. The first-order valence-electron chi connectivity index (χ1n) is 10.8. The van der Waals surface area contributed by atoms with Gasteiger partial charge < -0.3 is 19.4 Å². The fourth-order valence-corrected chi connectivity index (χ4v) is 4.13. The maximum Gasteiger partial charge on any atom is 0.260 e. The molecule has 1 amide bonds. The molecule has 2 aromatic heterocycles. The minimum absolute atomic E-state index is 0.230. The van der Waals surface area contributed by atoms with Gasteiger partial charge in [-0.1, -0.05) is 12.1 Å². The molecule has 31 heavy (non-hydrogen) atoms. The van der Waals surface area contributed by atoms with Crippen LogP contribution in [0.4, 0.5) is 5.82 Å². The van der Waals surface area contributed by atoms with Gasteiger partial charge in [-0.2, -0.15) is 0 Å². The number of ether oxygens (including phenoxy) is 2. The van der Waals surface area contributed by atoms with E-state index in [2.05, 4.69) is 26.6 Å². The highest BCUT2D eigenvalue weighted by Crippen LogP contribution is 2.31. The maximum absolute atomic E-state index is 13.2. The van der Waals surface area contributed by atoms with Crippen LogP contribution in [0.2, 0.25) is 0 Å². The zero-order valence-corrected chi connectivity index (χ0v) is 17.3. The van der Waals surface area contributed by atoms with Crippen molar-refractivity contribution in [2.45, 2.75) is 38.1 Å². The zero-order chi connectivity index (χ0) is 21.0. The van der Waals surface area contributed by atoms with E-state index in [0.717, 1.165) is 51.0 Å². The summed E-state index contributed by atoms with van der Waals surface area (Å²) in [4.78, 5) is 17.8. The average Bonchev–Trinajstić information content (AvgIpc) is 3.28. The number of rotatable bonds is 1. The lowest BCUT2D eigenvalue weighted by atomic mass is 9.90. The first-order chi connectivity index (χ1) is 15.3. The van der Waals surface area contributed by atoms with Crippen LogP contribution in [-0.4, -0.2) is 45.5 Å². The van der Waals surface area contributed by atoms with Gasteiger partial charge in [0.2, 0.25) is 0 Å². The molecule has 0 saturated carbocycles. The number of carbonyl (C=O) groups is 1. The van der Waals surface area contributed by atoms with E-state index in [1.54, 1.807) is 12.4 Å². The number of amides is 1. The standard InChI is InChI=1S/C23H25N5O3/c29-23-18-14-17(16-8-12-30-13-9-16)6-7-20(18)31-11-2-1-10-28-15-24-27-22(28)19-4-3-5-21(25-19)26-23/h3-7,14-16H,1-2,8-13H2,(H,25,26,29). The molecule has 1 N–H and O–H groups in total. The lowest BCUT2D eigenvalue weighted by Crippen LogP contribution is -2.18. The molecule has 2 aliphatic rings. The van der Waals surface area contributed by atoms with Crippen molar-refractivity contribution in [2.24, 2.45) is 0 Å². The molecule has 160 valence electrons. The predicted molar refractivity (Wildman–Crippen MR) is 115 cm³/mol. The molecule has 5 rings (SSSR count). The van der Waals surface area contributed by atoms with Crippen LogP contribution in [0.5, 0.6) is 5.75 Å². The third kappa shape index (κ3) is 4.29. The molecule has 1 aromatic carbocycles. The number of pyridine rings is 1. The smallest absolute Gasteiger partial charge is 0.260 e. The number of fused-ring (bicyclic) bond motifs is 5. The summed E-state index contributed by atoms with van der Waals surface area (Å²) in [6.07, 6.45) is 5.40. The monoisotopic (exact) mass is 419 g/mol. The Labute approximate surface area is 180 Å². The van der Waals surface area contributed by atoms with E-state index in [0.29, 0.717) is 41.2 Å². The van der Waals surface area contributed by atoms with Gasteiger partial charge in [-0.25, -0.2) is 4.98 Å². The zero-order valence-electron chi connectivity index (χ0n) is 17.3. The first kappa shape index (κ1) is 19.7. The molecule has 0 radical (unpaired) electrons. The molecule has 4 heterocycles. The largest absolute Gasteiger partial charge is 0.493 e. The number of anilines is 1. The summed E-state index contributed by atoms with van der Waals surface area (Å²) in [5.74, 6) is 1.93. The Balaban J connectivity index is 1.49. The highest BCUT2D eigenvalue weighted by atomic mass is 16.5. The van der Waals surface area contributed by atoms with Gasteiger partial charge in [-0.05, 0) is 61.4 Å². The van der Waals surface area contributed by atoms with Crippen LogP contribution in [0.1, 0.15) is 47.5 Å². The fourth-order valence-electron chi connectivity index (χ4n) is 4.13. The van der Waals surface area contributed by atoms with Crippen LogP contribution in [0.25, 0.3) is 11.5 Å². The minimum atomic E-state index is -0.230. The van der Waals surface area contributed by atoms with E-state index in [1.165, 1.54) is 0 Å². The molecule has 0 atom stereocenters. The number of aromatic nitrogens is 4. The minimum Gasteiger partial charge on any atom is -0.493 e. The molecular weight excluding hydrogens is 394 g/mol. The summed E-state index contributed by atoms with van der Waals surface area (Å²) in [5, 5.41) is 11.2. The van der Waals surface area contributed by atoms with Gasteiger partial charge in [0.25, 0.3) is 5.91 Å². The Morgan fingerprint density at radius 1 is 1.06 bits per heavy atom. The summed E-state index contributed by atoms with van der Waals surface area (Å²) in [6, 6.07) is 11.5. The van der Waals surface area contributed by atoms with Crippen molar-refractivity contribution in [3.63, 3.8) is 0 Å². The lowest BCUT2D eigenvalue weighted by molar-refractivity contribution is 0.0853. The molecule has 2 aliphatic heterocycles. The average molecular weight is 419 g/mol. The van der Waals surface area contributed by atoms with E-state index in [9.17, 15) is 4.79 Å². The van der Waals surface area contributed by atoms with Crippen LogP contribution < -0.4 is 10.1 Å². The molecule has 0 aliphatic carbocycles. The van der Waals surface area contributed by atoms with Crippen molar-refractivity contribution in [1.82, 2.24) is 19.7 Å². The van der Waals surface area contributed by atoms with Gasteiger partial charge in [0.15, 0.2) is 5.82 Å². The second kappa shape index (κ2) is 8.85. The third-order valence-corrected chi connectivity index (χ3v) is 5.83. The third-order valence-electron chi connectivity index (χ3n) is 5.83. The van der Waals surface area contributed by atoms with Crippen LogP contribution in [0.3, 0.4) is 0 Å². The Morgan fingerprint density at radius 2 is 1.97 bits per heavy atom. The lowest BCUT2D eigenvalue weighted by Gasteiger charge is -2.23. The molecule has 0 unspecified atom stereocenters. The number of nitrogens with one attached hydrogen (secondary N) is 1. The van der Waals surface area contributed by atoms with E-state index < -0.39 is 0 Å². The quantitative estimate of drug-likeness (QED) is 0.647. The molecule has 1 saturated heterocycles. The summed E-state index contributed by atoms with van der Waals surface area (Å²) in [5.41, 5.74) is 2.37. The van der Waals surface area contributed by atoms with Crippen molar-refractivity contribution < 1.29 is 14.3 Å². The Morgan fingerprint density at radius 3 is 2.87 bits per heavy atom. The summed E-state index contributed by atoms with van der Waals surface area (Å²) in [6.45, 7) is 2.83. The van der Waals surface area contributed by atoms with Gasteiger partial charge >= 0.3 is 0 Å². The van der Waals surface area contributed by atoms with Crippen molar-refractivity contribution in [3.05, 3.63) is 53.9 Å². The first-order valence-corrected chi connectivity index (χ1v) is 10.8. The van der Waals surface area contributed by atoms with Crippen LogP contribution in [0, 0.1) is 0 Å². The normalized spacial score (nSPS) is 17.6. The van der Waals surface area contributed by atoms with Crippen LogP contribution >= 0.6 is 0 Å². The van der Waals surface area contributed by atoms with E-state index >= 15 is 0 Å². The van der Waals surface area contributed by atoms with E-state index in [-0.39, 0.29) is 5.91 Å². The molecule has 8 nitrogen and oxygen atoms in total. The number of aryl methyl sites for hydroxylation is 1. The predicted octanol–water partition coefficient (Wildman–Crippen LogP) is 3.66. The number of benzene rings is 1.